The summed E-state index contributed by atoms with van der Waals surface area (Å²) in [7, 11) is 1.62. The van der Waals surface area contributed by atoms with Crippen LogP contribution in [0, 0.1) is 0 Å². The molecule has 0 N–H and O–H groups in total. The van der Waals surface area contributed by atoms with Crippen molar-refractivity contribution in [2.24, 2.45) is 0 Å². The average Bonchev–Trinajstić information content (AvgIpc) is 2.18. The Morgan fingerprint density at radius 1 is 1.36 bits per heavy atom. The summed E-state index contributed by atoms with van der Waals surface area (Å²) in [5, 5.41) is 10.2. The van der Waals surface area contributed by atoms with Gasteiger partial charge in [-0.1, -0.05) is 12.1 Å². The summed E-state index contributed by atoms with van der Waals surface area (Å²) in [6, 6.07) is 7.62. The monoisotopic (exact) mass is 193 g/mol. The third kappa shape index (κ3) is 3.47. The van der Waals surface area contributed by atoms with Crippen molar-refractivity contribution in [3.63, 3.8) is 0 Å². The Bertz CT molecular complexity index is 290. The van der Waals surface area contributed by atoms with E-state index in [0.29, 0.717) is 6.42 Å². The molecule has 0 saturated carbocycles. The van der Waals surface area contributed by atoms with E-state index in [1.807, 2.05) is 24.3 Å². The first-order chi connectivity index (χ1) is 6.72. The molecule has 0 amide bonds. The van der Waals surface area contributed by atoms with Crippen LogP contribution in [-0.2, 0) is 11.2 Å². The Kier molecular flexibility index (Phi) is 3.98. The van der Waals surface area contributed by atoms with Gasteiger partial charge in [0.1, 0.15) is 5.75 Å². The predicted octanol–water partition coefficient (Wildman–Crippen LogP) is 0.768. The molecule has 0 saturated heterocycles. The number of aliphatic carboxylic acids is 1. The summed E-state index contributed by atoms with van der Waals surface area (Å²) in [4.78, 5) is 10.2. The molecule has 0 spiro atoms. The van der Waals surface area contributed by atoms with Crippen molar-refractivity contribution < 1.29 is 14.6 Å². The Morgan fingerprint density at radius 2 is 2.00 bits per heavy atom. The normalized spacial score (nSPS) is 9.79. The van der Waals surface area contributed by atoms with Crippen LogP contribution in [-0.4, -0.2) is 13.1 Å². The van der Waals surface area contributed by atoms with Crippen LogP contribution in [0.2, 0.25) is 0 Å². The van der Waals surface area contributed by atoms with Crippen LogP contribution in [0.15, 0.2) is 24.3 Å². The molecule has 0 bridgehead atoms. The Morgan fingerprint density at radius 3 is 2.50 bits per heavy atom. The summed E-state index contributed by atoms with van der Waals surface area (Å²) < 4.78 is 5.01. The van der Waals surface area contributed by atoms with Crippen LogP contribution >= 0.6 is 0 Å². The maximum absolute atomic E-state index is 10.2. The first-order valence-electron chi connectivity index (χ1n) is 4.55. The van der Waals surface area contributed by atoms with Crippen LogP contribution in [0.25, 0.3) is 0 Å². The SMILES string of the molecule is COc1ccc(CCCC(=O)[O-])cc1. The highest BCUT2D eigenvalue weighted by atomic mass is 16.5. The van der Waals surface area contributed by atoms with Gasteiger partial charge in [0.05, 0.1) is 7.11 Å². The minimum Gasteiger partial charge on any atom is -0.550 e. The highest BCUT2D eigenvalue weighted by Gasteiger charge is 1.94. The van der Waals surface area contributed by atoms with E-state index in [-0.39, 0.29) is 6.42 Å². The van der Waals surface area contributed by atoms with Crippen LogP contribution in [0.1, 0.15) is 18.4 Å². The van der Waals surface area contributed by atoms with Gasteiger partial charge in [0, 0.05) is 5.97 Å². The third-order valence-electron chi connectivity index (χ3n) is 2.01. The standard InChI is InChI=1S/C11H14O3/c1-14-10-7-5-9(6-8-10)3-2-4-11(12)13/h5-8H,2-4H2,1H3,(H,12,13)/p-1. The van der Waals surface area contributed by atoms with Gasteiger partial charge in [-0.15, -0.1) is 0 Å². The van der Waals surface area contributed by atoms with E-state index in [2.05, 4.69) is 0 Å². The van der Waals surface area contributed by atoms with Gasteiger partial charge in [0.15, 0.2) is 0 Å². The quantitative estimate of drug-likeness (QED) is 0.694. The van der Waals surface area contributed by atoms with Gasteiger partial charge < -0.3 is 14.6 Å². The van der Waals surface area contributed by atoms with E-state index in [1.54, 1.807) is 7.11 Å². The molecule has 1 aromatic carbocycles. The molecule has 0 aliphatic rings. The first kappa shape index (κ1) is 10.6. The van der Waals surface area contributed by atoms with Gasteiger partial charge >= 0.3 is 0 Å². The lowest BCUT2D eigenvalue weighted by molar-refractivity contribution is -0.305. The number of carboxylic acid groups (broad SMARTS) is 1. The van der Waals surface area contributed by atoms with E-state index in [4.69, 9.17) is 4.74 Å². The van der Waals surface area contributed by atoms with Crippen LogP contribution < -0.4 is 9.84 Å². The molecule has 0 aliphatic carbocycles. The first-order valence-corrected chi connectivity index (χ1v) is 4.55. The molecule has 0 fully saturated rings. The average molecular weight is 193 g/mol. The summed E-state index contributed by atoms with van der Waals surface area (Å²) >= 11 is 0. The summed E-state index contributed by atoms with van der Waals surface area (Å²) in [5.74, 6) is -0.174. The molecule has 14 heavy (non-hydrogen) atoms. The fraction of sp³-hybridized carbons (Fsp3) is 0.364. The van der Waals surface area contributed by atoms with Gasteiger partial charge in [-0.25, -0.2) is 0 Å². The molecule has 76 valence electrons. The number of carbonyl (C=O) groups is 1. The largest absolute Gasteiger partial charge is 0.550 e. The van der Waals surface area contributed by atoms with Crippen molar-refractivity contribution >= 4 is 5.97 Å². The Labute approximate surface area is 83.3 Å². The lowest BCUT2D eigenvalue weighted by Gasteiger charge is -2.04. The highest BCUT2D eigenvalue weighted by Crippen LogP contribution is 2.12. The van der Waals surface area contributed by atoms with E-state index in [0.717, 1.165) is 17.7 Å². The number of carbonyl (C=O) groups excluding carboxylic acids is 1. The van der Waals surface area contributed by atoms with E-state index < -0.39 is 5.97 Å². The molecule has 1 aromatic rings. The minimum absolute atomic E-state index is 0.117. The molecular formula is C11H13O3-. The molecule has 0 aliphatic heterocycles. The summed E-state index contributed by atoms with van der Waals surface area (Å²) in [6.07, 6.45) is 1.50. The summed E-state index contributed by atoms with van der Waals surface area (Å²) in [5.41, 5.74) is 1.12. The second-order valence-electron chi connectivity index (χ2n) is 3.07. The van der Waals surface area contributed by atoms with Crippen molar-refractivity contribution in [1.29, 1.82) is 0 Å². The van der Waals surface area contributed by atoms with E-state index in [9.17, 15) is 9.90 Å². The smallest absolute Gasteiger partial charge is 0.118 e. The topological polar surface area (TPSA) is 49.4 Å². The number of carboxylic acids is 1. The molecule has 0 heterocycles. The lowest BCUT2D eigenvalue weighted by atomic mass is 10.1. The van der Waals surface area contributed by atoms with Crippen molar-refractivity contribution in [2.75, 3.05) is 7.11 Å². The molecule has 3 nitrogen and oxygen atoms in total. The van der Waals surface area contributed by atoms with Crippen molar-refractivity contribution in [3.8, 4) is 5.75 Å². The number of hydrogen-bond donors (Lipinski definition) is 0. The minimum atomic E-state index is -0.987. The van der Waals surface area contributed by atoms with Gasteiger partial charge in [-0.2, -0.15) is 0 Å². The fourth-order valence-electron chi connectivity index (χ4n) is 1.23. The van der Waals surface area contributed by atoms with Crippen molar-refractivity contribution in [2.45, 2.75) is 19.3 Å². The maximum atomic E-state index is 10.2. The number of hydrogen-bond acceptors (Lipinski definition) is 3. The Balaban J connectivity index is 2.40. The number of ether oxygens (including phenoxy) is 1. The fourth-order valence-corrected chi connectivity index (χ4v) is 1.23. The van der Waals surface area contributed by atoms with Crippen molar-refractivity contribution in [3.05, 3.63) is 29.8 Å². The second kappa shape index (κ2) is 5.27. The molecule has 0 aromatic heterocycles. The van der Waals surface area contributed by atoms with Gasteiger partial charge in [-0.3, -0.25) is 0 Å². The lowest BCUT2D eigenvalue weighted by Crippen LogP contribution is -2.21. The zero-order chi connectivity index (χ0) is 10.4. The van der Waals surface area contributed by atoms with Crippen LogP contribution in [0.5, 0.6) is 5.75 Å². The molecule has 0 unspecified atom stereocenters. The number of aryl methyl sites for hydroxylation is 1. The highest BCUT2D eigenvalue weighted by molar-refractivity contribution is 5.64. The van der Waals surface area contributed by atoms with E-state index >= 15 is 0 Å². The molecule has 3 heteroatoms. The van der Waals surface area contributed by atoms with Gasteiger partial charge in [0.2, 0.25) is 0 Å². The Hall–Kier alpha value is -1.51. The molecular weight excluding hydrogens is 180 g/mol. The molecule has 0 radical (unpaired) electrons. The zero-order valence-corrected chi connectivity index (χ0v) is 8.16. The second-order valence-corrected chi connectivity index (χ2v) is 3.07. The van der Waals surface area contributed by atoms with Gasteiger partial charge in [-0.05, 0) is 37.0 Å². The predicted molar refractivity (Wildman–Crippen MR) is 50.9 cm³/mol. The third-order valence-corrected chi connectivity index (χ3v) is 2.01. The zero-order valence-electron chi connectivity index (χ0n) is 8.16. The number of benzene rings is 1. The van der Waals surface area contributed by atoms with Crippen LogP contribution in [0.4, 0.5) is 0 Å². The summed E-state index contributed by atoms with van der Waals surface area (Å²) in [6.45, 7) is 0. The molecule has 0 atom stereocenters. The number of rotatable bonds is 5. The van der Waals surface area contributed by atoms with Crippen LogP contribution in [0.3, 0.4) is 0 Å². The van der Waals surface area contributed by atoms with Gasteiger partial charge in [0.25, 0.3) is 0 Å². The molecule has 1 rings (SSSR count). The van der Waals surface area contributed by atoms with E-state index in [1.165, 1.54) is 0 Å². The maximum Gasteiger partial charge on any atom is 0.118 e. The number of methoxy groups -OCH3 is 1. The van der Waals surface area contributed by atoms with Crippen molar-refractivity contribution in [1.82, 2.24) is 0 Å².